The summed E-state index contributed by atoms with van der Waals surface area (Å²) in [5, 5.41) is 3.30. The van der Waals surface area contributed by atoms with E-state index in [1.54, 1.807) is 0 Å². The van der Waals surface area contributed by atoms with Gasteiger partial charge >= 0.3 is 0 Å². The molecule has 0 bridgehead atoms. The number of hydrogen-bond donors (Lipinski definition) is 1. The first-order valence-corrected chi connectivity index (χ1v) is 7.26. The second-order valence-corrected chi connectivity index (χ2v) is 7.67. The van der Waals surface area contributed by atoms with E-state index in [2.05, 4.69) is 19.2 Å². The second kappa shape index (κ2) is 3.71. The van der Waals surface area contributed by atoms with Gasteiger partial charge in [0.25, 0.3) is 0 Å². The normalized spacial score (nSPS) is 39.1. The van der Waals surface area contributed by atoms with Crippen LogP contribution in [-0.2, 0) is 14.6 Å². The van der Waals surface area contributed by atoms with Gasteiger partial charge in [0.05, 0.1) is 18.1 Å². The highest BCUT2D eigenvalue weighted by Crippen LogP contribution is 2.27. The van der Waals surface area contributed by atoms with E-state index >= 15 is 0 Å². The van der Waals surface area contributed by atoms with Crippen LogP contribution in [0.25, 0.3) is 0 Å². The van der Waals surface area contributed by atoms with Crippen LogP contribution < -0.4 is 5.32 Å². The third-order valence-corrected chi connectivity index (χ3v) is 4.92. The lowest BCUT2D eigenvalue weighted by molar-refractivity contribution is -0.0800. The number of hydrogen-bond acceptors (Lipinski definition) is 4. The number of rotatable bonds is 1. The van der Waals surface area contributed by atoms with Crippen molar-refractivity contribution < 1.29 is 13.2 Å². The van der Waals surface area contributed by atoms with E-state index in [9.17, 15) is 8.42 Å². The number of sulfone groups is 1. The van der Waals surface area contributed by atoms with E-state index in [4.69, 9.17) is 4.74 Å². The number of ether oxygens (including phenoxy) is 1. The Bertz CT molecular complexity index is 327. The molecule has 2 saturated heterocycles. The molecule has 5 heteroatoms. The van der Waals surface area contributed by atoms with Crippen molar-refractivity contribution in [1.29, 1.82) is 0 Å². The second-order valence-electron chi connectivity index (χ2n) is 5.44. The van der Waals surface area contributed by atoms with E-state index in [1.807, 2.05) is 0 Å². The summed E-state index contributed by atoms with van der Waals surface area (Å²) >= 11 is 0. The Kier molecular flexibility index (Phi) is 2.81. The molecule has 0 amide bonds. The average molecular weight is 233 g/mol. The van der Waals surface area contributed by atoms with Crippen molar-refractivity contribution in [3.05, 3.63) is 0 Å². The average Bonchev–Trinajstić information content (AvgIpc) is 2.46. The van der Waals surface area contributed by atoms with E-state index in [-0.39, 0.29) is 23.3 Å². The summed E-state index contributed by atoms with van der Waals surface area (Å²) in [7, 11) is -2.79. The fourth-order valence-corrected chi connectivity index (χ4v) is 3.99. The summed E-state index contributed by atoms with van der Waals surface area (Å²) in [4.78, 5) is 0. The summed E-state index contributed by atoms with van der Waals surface area (Å²) in [6.07, 6.45) is 0.677. The maximum atomic E-state index is 11.3. The quantitative estimate of drug-likeness (QED) is 0.712. The van der Waals surface area contributed by atoms with Crippen molar-refractivity contribution in [3.8, 4) is 0 Å². The molecule has 2 heterocycles. The Hall–Kier alpha value is -0.130. The first kappa shape index (κ1) is 11.4. The Balaban J connectivity index is 1.92. The van der Waals surface area contributed by atoms with Gasteiger partial charge in [0.2, 0.25) is 0 Å². The van der Waals surface area contributed by atoms with E-state index in [0.717, 1.165) is 13.0 Å². The van der Waals surface area contributed by atoms with Crippen molar-refractivity contribution in [2.24, 2.45) is 11.3 Å². The highest BCUT2D eigenvalue weighted by atomic mass is 32.2. The smallest absolute Gasteiger partial charge is 0.150 e. The van der Waals surface area contributed by atoms with Gasteiger partial charge in [-0.1, -0.05) is 13.8 Å². The molecule has 0 aromatic carbocycles. The maximum Gasteiger partial charge on any atom is 0.150 e. The predicted molar refractivity (Wildman–Crippen MR) is 58.3 cm³/mol. The highest BCUT2D eigenvalue weighted by Gasteiger charge is 2.37. The third-order valence-electron chi connectivity index (χ3n) is 3.13. The van der Waals surface area contributed by atoms with Gasteiger partial charge in [-0.3, -0.25) is 5.32 Å². The molecule has 0 spiro atoms. The minimum atomic E-state index is -2.79. The molecular weight excluding hydrogens is 214 g/mol. The van der Waals surface area contributed by atoms with E-state index in [0.29, 0.717) is 12.4 Å². The first-order valence-electron chi connectivity index (χ1n) is 5.43. The van der Waals surface area contributed by atoms with E-state index < -0.39 is 9.84 Å². The summed E-state index contributed by atoms with van der Waals surface area (Å²) in [6.45, 7) is 5.89. The van der Waals surface area contributed by atoms with Crippen LogP contribution >= 0.6 is 0 Å². The van der Waals surface area contributed by atoms with Gasteiger partial charge in [0, 0.05) is 17.9 Å². The summed E-state index contributed by atoms with van der Waals surface area (Å²) in [5.74, 6) is 0.749. The minimum absolute atomic E-state index is 0.0599. The van der Waals surface area contributed by atoms with Crippen LogP contribution in [0.1, 0.15) is 20.3 Å². The molecule has 2 aliphatic rings. The molecule has 15 heavy (non-hydrogen) atoms. The molecule has 0 aromatic heterocycles. The Morgan fingerprint density at radius 3 is 2.60 bits per heavy atom. The van der Waals surface area contributed by atoms with Crippen LogP contribution in [0, 0.1) is 11.3 Å². The molecule has 88 valence electrons. The molecule has 2 aliphatic heterocycles. The topological polar surface area (TPSA) is 55.4 Å². The van der Waals surface area contributed by atoms with Gasteiger partial charge in [0.15, 0.2) is 9.84 Å². The Morgan fingerprint density at radius 1 is 1.40 bits per heavy atom. The molecule has 0 saturated carbocycles. The van der Waals surface area contributed by atoms with Crippen LogP contribution in [-0.4, -0.2) is 39.3 Å². The minimum Gasteiger partial charge on any atom is -0.362 e. The summed E-state index contributed by atoms with van der Waals surface area (Å²) < 4.78 is 28.4. The van der Waals surface area contributed by atoms with Gasteiger partial charge in [-0.25, -0.2) is 8.42 Å². The standard InChI is InChI=1S/C10H19NO3S/c1-10(2)6-11-9(14-7-10)8-3-4-15(12,13)5-8/h8-9,11H,3-7H2,1-2H3. The van der Waals surface area contributed by atoms with Crippen LogP contribution in [0.4, 0.5) is 0 Å². The van der Waals surface area contributed by atoms with Crippen LogP contribution in [0.15, 0.2) is 0 Å². The molecule has 4 nitrogen and oxygen atoms in total. The van der Waals surface area contributed by atoms with Gasteiger partial charge in [-0.15, -0.1) is 0 Å². The van der Waals surface area contributed by atoms with Crippen molar-refractivity contribution in [3.63, 3.8) is 0 Å². The molecule has 0 radical (unpaired) electrons. The lowest BCUT2D eigenvalue weighted by Crippen LogP contribution is -2.51. The van der Waals surface area contributed by atoms with Crippen LogP contribution in [0.3, 0.4) is 0 Å². The van der Waals surface area contributed by atoms with Crippen molar-refractivity contribution in [2.75, 3.05) is 24.7 Å². The van der Waals surface area contributed by atoms with Crippen molar-refractivity contribution in [2.45, 2.75) is 26.5 Å². The fourth-order valence-electron chi connectivity index (χ4n) is 2.17. The lowest BCUT2D eigenvalue weighted by Gasteiger charge is -2.37. The highest BCUT2D eigenvalue weighted by molar-refractivity contribution is 7.91. The van der Waals surface area contributed by atoms with Crippen molar-refractivity contribution in [1.82, 2.24) is 5.32 Å². The fraction of sp³-hybridized carbons (Fsp3) is 1.00. The Labute approximate surface area is 91.3 Å². The monoisotopic (exact) mass is 233 g/mol. The summed E-state index contributed by atoms with van der Waals surface area (Å²) in [6, 6.07) is 0. The van der Waals surface area contributed by atoms with Crippen molar-refractivity contribution >= 4 is 9.84 Å². The van der Waals surface area contributed by atoms with E-state index in [1.165, 1.54) is 0 Å². The molecule has 1 N–H and O–H groups in total. The molecule has 2 rings (SSSR count). The van der Waals surface area contributed by atoms with Gasteiger partial charge in [-0.2, -0.15) is 0 Å². The third kappa shape index (κ3) is 2.71. The van der Waals surface area contributed by atoms with Gasteiger partial charge in [0.1, 0.15) is 6.23 Å². The van der Waals surface area contributed by atoms with Crippen LogP contribution in [0.5, 0.6) is 0 Å². The number of nitrogens with one attached hydrogen (secondary N) is 1. The van der Waals surface area contributed by atoms with Crippen LogP contribution in [0.2, 0.25) is 0 Å². The molecule has 0 aliphatic carbocycles. The first-order chi connectivity index (χ1) is 6.88. The molecule has 2 atom stereocenters. The lowest BCUT2D eigenvalue weighted by atomic mass is 9.92. The molecule has 0 aromatic rings. The molecular formula is C10H19NO3S. The predicted octanol–water partition coefficient (Wildman–Crippen LogP) is 0.393. The largest absolute Gasteiger partial charge is 0.362 e. The Morgan fingerprint density at radius 2 is 2.13 bits per heavy atom. The zero-order valence-electron chi connectivity index (χ0n) is 9.32. The maximum absolute atomic E-state index is 11.3. The summed E-state index contributed by atoms with van der Waals surface area (Å²) in [5.41, 5.74) is 0.161. The zero-order chi connectivity index (χ0) is 11.1. The van der Waals surface area contributed by atoms with Gasteiger partial charge in [-0.05, 0) is 6.42 Å². The molecule has 2 fully saturated rings. The van der Waals surface area contributed by atoms with Gasteiger partial charge < -0.3 is 4.74 Å². The SMILES string of the molecule is CC1(C)CNC(C2CCS(=O)(=O)C2)OC1. The zero-order valence-corrected chi connectivity index (χ0v) is 10.1. The molecule has 2 unspecified atom stereocenters.